The number of nitroso groups, excluding NO2 is 1. The maximum Gasteiger partial charge on any atom is 0.182 e. The number of ether oxygens (including phenoxy) is 1. The van der Waals surface area contributed by atoms with Crippen LogP contribution in [0.15, 0.2) is 5.18 Å². The van der Waals surface area contributed by atoms with E-state index in [0.29, 0.717) is 0 Å². The average molecular weight is 188 g/mol. The van der Waals surface area contributed by atoms with E-state index >= 15 is 0 Å². The van der Waals surface area contributed by atoms with Gasteiger partial charge in [-0.05, 0) is 27.4 Å². The second kappa shape index (κ2) is 4.13. The van der Waals surface area contributed by atoms with E-state index in [2.05, 4.69) is 5.18 Å². The van der Waals surface area contributed by atoms with Crippen molar-refractivity contribution in [3.8, 4) is 0 Å². The Morgan fingerprint density at radius 2 is 2.15 bits per heavy atom. The molecule has 13 heavy (non-hydrogen) atoms. The summed E-state index contributed by atoms with van der Waals surface area (Å²) in [5.74, 6) is 0. The van der Waals surface area contributed by atoms with Gasteiger partial charge in [-0.1, -0.05) is 5.18 Å². The molecule has 0 aromatic rings. The monoisotopic (exact) mass is 188 g/mol. The average Bonchev–Trinajstić information content (AvgIpc) is 2.02. The molecule has 76 valence electrons. The van der Waals surface area contributed by atoms with Crippen molar-refractivity contribution >= 4 is 0 Å². The summed E-state index contributed by atoms with van der Waals surface area (Å²) in [6, 6.07) is -0.706. The van der Waals surface area contributed by atoms with Crippen LogP contribution in [0.4, 0.5) is 0 Å². The Bertz CT molecular complexity index is 186. The number of aliphatic hydroxyl groups is 1. The van der Waals surface area contributed by atoms with Crippen LogP contribution < -0.4 is 0 Å². The molecule has 0 aliphatic carbocycles. The van der Waals surface area contributed by atoms with Gasteiger partial charge >= 0.3 is 0 Å². The van der Waals surface area contributed by atoms with Gasteiger partial charge in [0, 0.05) is 6.04 Å². The van der Waals surface area contributed by atoms with Crippen molar-refractivity contribution in [2.45, 2.75) is 37.8 Å². The van der Waals surface area contributed by atoms with E-state index in [4.69, 9.17) is 4.74 Å². The molecular weight excluding hydrogens is 172 g/mol. The normalized spacial score (nSPS) is 40.7. The lowest BCUT2D eigenvalue weighted by Crippen LogP contribution is -2.52. The summed E-state index contributed by atoms with van der Waals surface area (Å²) in [7, 11) is 3.74. The van der Waals surface area contributed by atoms with Crippen LogP contribution in [0.1, 0.15) is 13.3 Å². The minimum Gasteiger partial charge on any atom is -0.366 e. The first kappa shape index (κ1) is 10.6. The standard InChI is InChI=1S/C8H16N2O3/c1-5-4-6(10(2)3)7(9-12)8(11)13-5/h5-8,11H,4H2,1-3H3/t5-,6+,7-,8-/m1/s1. The number of aliphatic hydroxyl groups excluding tert-OH is 1. The van der Waals surface area contributed by atoms with Crippen LogP contribution in [0.5, 0.6) is 0 Å². The third-order valence-electron chi connectivity index (χ3n) is 2.42. The zero-order valence-electron chi connectivity index (χ0n) is 8.17. The molecule has 4 atom stereocenters. The van der Waals surface area contributed by atoms with Crippen LogP contribution in [-0.4, -0.2) is 48.6 Å². The Kier molecular flexibility index (Phi) is 3.35. The third-order valence-corrected chi connectivity index (χ3v) is 2.42. The van der Waals surface area contributed by atoms with Gasteiger partial charge in [0.1, 0.15) is 0 Å². The number of hydrogen-bond donors (Lipinski definition) is 1. The molecule has 1 fully saturated rings. The molecule has 0 amide bonds. The number of nitrogens with zero attached hydrogens (tertiary/aromatic N) is 2. The van der Waals surface area contributed by atoms with Crippen LogP contribution in [0.3, 0.4) is 0 Å². The van der Waals surface area contributed by atoms with Crippen LogP contribution in [0, 0.1) is 4.91 Å². The van der Waals surface area contributed by atoms with Gasteiger partial charge in [-0.25, -0.2) is 0 Å². The molecule has 0 bridgehead atoms. The van der Waals surface area contributed by atoms with E-state index in [1.54, 1.807) is 0 Å². The van der Waals surface area contributed by atoms with Gasteiger partial charge in [-0.15, -0.1) is 0 Å². The van der Waals surface area contributed by atoms with Gasteiger partial charge in [-0.3, -0.25) is 0 Å². The molecule has 1 rings (SSSR count). The second-order valence-electron chi connectivity index (χ2n) is 3.70. The minimum absolute atomic E-state index is 0.0274. The maximum absolute atomic E-state index is 10.5. The molecule has 0 radical (unpaired) electrons. The van der Waals surface area contributed by atoms with E-state index < -0.39 is 12.3 Å². The Morgan fingerprint density at radius 3 is 2.62 bits per heavy atom. The number of likely N-dealkylation sites (N-methyl/N-ethyl adjacent to an activating group) is 1. The van der Waals surface area contributed by atoms with E-state index in [9.17, 15) is 10.0 Å². The zero-order chi connectivity index (χ0) is 10.0. The van der Waals surface area contributed by atoms with Crippen LogP contribution in [0.25, 0.3) is 0 Å². The first-order chi connectivity index (χ1) is 6.06. The lowest BCUT2D eigenvalue weighted by molar-refractivity contribution is -0.183. The molecule has 1 N–H and O–H groups in total. The first-order valence-corrected chi connectivity index (χ1v) is 4.38. The van der Waals surface area contributed by atoms with Crippen molar-refractivity contribution in [1.82, 2.24) is 4.90 Å². The number of hydrogen-bond acceptors (Lipinski definition) is 5. The zero-order valence-corrected chi connectivity index (χ0v) is 8.17. The first-order valence-electron chi connectivity index (χ1n) is 4.38. The van der Waals surface area contributed by atoms with Crippen molar-refractivity contribution in [3.63, 3.8) is 0 Å². The van der Waals surface area contributed by atoms with Gasteiger partial charge in [0.05, 0.1) is 6.10 Å². The molecule has 1 heterocycles. The largest absolute Gasteiger partial charge is 0.366 e. The van der Waals surface area contributed by atoms with E-state index in [-0.39, 0.29) is 12.1 Å². The second-order valence-corrected chi connectivity index (χ2v) is 3.70. The Balaban J connectivity index is 2.71. The molecule has 1 saturated heterocycles. The SMILES string of the molecule is C[C@@H]1C[C@H](N(C)C)[C@@H](N=O)[C@H](O)O1. The lowest BCUT2D eigenvalue weighted by atomic mass is 9.98. The number of rotatable bonds is 2. The van der Waals surface area contributed by atoms with Crippen molar-refractivity contribution in [2.75, 3.05) is 14.1 Å². The molecule has 0 spiro atoms. The molecule has 5 heteroatoms. The van der Waals surface area contributed by atoms with Crippen molar-refractivity contribution in [3.05, 3.63) is 4.91 Å². The molecule has 1 aliphatic rings. The summed E-state index contributed by atoms with van der Waals surface area (Å²) >= 11 is 0. The topological polar surface area (TPSA) is 62.1 Å². The highest BCUT2D eigenvalue weighted by Gasteiger charge is 2.38. The van der Waals surface area contributed by atoms with Gasteiger partial charge in [0.15, 0.2) is 12.3 Å². The predicted molar refractivity (Wildman–Crippen MR) is 48.2 cm³/mol. The maximum atomic E-state index is 10.5. The molecule has 1 aliphatic heterocycles. The molecule has 0 aromatic carbocycles. The van der Waals surface area contributed by atoms with Gasteiger partial charge in [0.25, 0.3) is 0 Å². The molecule has 0 aromatic heterocycles. The van der Waals surface area contributed by atoms with Gasteiger partial charge in [0.2, 0.25) is 0 Å². The van der Waals surface area contributed by atoms with Crippen molar-refractivity contribution in [1.29, 1.82) is 0 Å². The summed E-state index contributed by atoms with van der Waals surface area (Å²) < 4.78 is 5.11. The molecule has 0 saturated carbocycles. The fourth-order valence-electron chi connectivity index (χ4n) is 1.68. The Hall–Kier alpha value is -0.520. The molecular formula is C8H16N2O3. The van der Waals surface area contributed by atoms with Crippen molar-refractivity contribution in [2.24, 2.45) is 5.18 Å². The predicted octanol–water partition coefficient (Wildman–Crippen LogP) is 0.179. The third kappa shape index (κ3) is 2.24. The van der Waals surface area contributed by atoms with Crippen LogP contribution >= 0.6 is 0 Å². The molecule has 5 nitrogen and oxygen atoms in total. The van der Waals surface area contributed by atoms with E-state index in [1.165, 1.54) is 0 Å². The van der Waals surface area contributed by atoms with Gasteiger partial charge < -0.3 is 14.7 Å². The van der Waals surface area contributed by atoms with Crippen LogP contribution in [-0.2, 0) is 4.74 Å². The quantitative estimate of drug-likeness (QED) is 0.628. The summed E-state index contributed by atoms with van der Waals surface area (Å²) in [4.78, 5) is 12.4. The van der Waals surface area contributed by atoms with E-state index in [0.717, 1.165) is 6.42 Å². The summed E-state index contributed by atoms with van der Waals surface area (Å²) in [6.07, 6.45) is -0.366. The summed E-state index contributed by atoms with van der Waals surface area (Å²) in [5.41, 5.74) is 0. The minimum atomic E-state index is -1.06. The fraction of sp³-hybridized carbons (Fsp3) is 1.00. The highest BCUT2D eigenvalue weighted by Crippen LogP contribution is 2.23. The molecule has 0 unspecified atom stereocenters. The highest BCUT2D eigenvalue weighted by atomic mass is 16.6. The smallest absolute Gasteiger partial charge is 0.182 e. The van der Waals surface area contributed by atoms with Crippen LogP contribution in [0.2, 0.25) is 0 Å². The summed E-state index contributed by atoms with van der Waals surface area (Å²) in [5, 5.41) is 12.3. The Labute approximate surface area is 77.7 Å². The van der Waals surface area contributed by atoms with Gasteiger partial charge in [-0.2, -0.15) is 4.91 Å². The summed E-state index contributed by atoms with van der Waals surface area (Å²) in [6.45, 7) is 1.88. The van der Waals surface area contributed by atoms with Crippen molar-refractivity contribution < 1.29 is 9.84 Å². The Morgan fingerprint density at radius 1 is 1.54 bits per heavy atom. The fourth-order valence-corrected chi connectivity index (χ4v) is 1.68. The lowest BCUT2D eigenvalue weighted by Gasteiger charge is -2.38. The highest BCUT2D eigenvalue weighted by molar-refractivity contribution is 4.89. The van der Waals surface area contributed by atoms with E-state index in [1.807, 2.05) is 25.9 Å².